The molecular formula is C30H50Na2O4. The summed E-state index contributed by atoms with van der Waals surface area (Å²) in [6.07, 6.45) is 11.6. The number of rotatable bonds is 2. The summed E-state index contributed by atoms with van der Waals surface area (Å²) in [5.41, 5.74) is 0.858. The Bertz CT molecular complexity index is 919. The monoisotopic (exact) mass is 520 g/mol. The molecule has 0 radical (unpaired) electrons. The molecule has 5 rings (SSSR count). The van der Waals surface area contributed by atoms with Crippen molar-refractivity contribution in [2.24, 2.45) is 50.2 Å². The molecule has 196 valence electrons. The average molecular weight is 521 g/mol. The zero-order valence-electron chi connectivity index (χ0n) is 22.4. The molecule has 0 aromatic rings. The van der Waals surface area contributed by atoms with Crippen LogP contribution in [-0.4, -0.2) is 93.1 Å². The molecule has 0 amide bonds. The van der Waals surface area contributed by atoms with Gasteiger partial charge in [0.2, 0.25) is 0 Å². The average Bonchev–Trinajstić information content (AvgIpc) is 2.76. The van der Waals surface area contributed by atoms with Crippen molar-refractivity contribution in [3.8, 4) is 0 Å². The molecule has 0 unspecified atom stereocenters. The van der Waals surface area contributed by atoms with Gasteiger partial charge in [-0.25, -0.2) is 0 Å². The van der Waals surface area contributed by atoms with Crippen molar-refractivity contribution in [3.05, 3.63) is 11.6 Å². The fourth-order valence-electron chi connectivity index (χ4n) is 10.7. The zero-order chi connectivity index (χ0) is 24.9. The Labute approximate surface area is 263 Å². The summed E-state index contributed by atoms with van der Waals surface area (Å²) in [6, 6.07) is 0. The number of carboxylic acid groups (broad SMARTS) is 1. The number of carboxylic acids is 1. The van der Waals surface area contributed by atoms with E-state index in [0.29, 0.717) is 11.8 Å². The molecule has 4 fully saturated rings. The Balaban J connectivity index is 0.00000180. The van der Waals surface area contributed by atoms with E-state index in [0.717, 1.165) is 64.2 Å². The molecule has 5 aliphatic rings. The summed E-state index contributed by atoms with van der Waals surface area (Å²) < 4.78 is 0. The van der Waals surface area contributed by atoms with Gasteiger partial charge in [-0.15, -0.1) is 0 Å². The molecule has 9 atom stereocenters. The van der Waals surface area contributed by atoms with E-state index in [4.69, 9.17) is 0 Å². The Kier molecular flexibility index (Phi) is 8.70. The topological polar surface area (TPSA) is 77.8 Å². The Morgan fingerprint density at radius 2 is 1.56 bits per heavy atom. The summed E-state index contributed by atoms with van der Waals surface area (Å²) in [7, 11) is 0. The Morgan fingerprint density at radius 1 is 0.917 bits per heavy atom. The van der Waals surface area contributed by atoms with Crippen LogP contribution in [0.3, 0.4) is 0 Å². The molecule has 6 heteroatoms. The zero-order valence-corrected chi connectivity index (χ0v) is 22.4. The van der Waals surface area contributed by atoms with Gasteiger partial charge in [-0.3, -0.25) is 4.79 Å². The summed E-state index contributed by atoms with van der Waals surface area (Å²) in [5, 5.41) is 31.8. The SMILES string of the molecule is CC1(C)CC[C@]2(C(=O)O)CC[C@]3(C)C(=CC[C@@H]4[C@@]5(C)CC[C@H](O)[C@@](C)(CO)[C@@H]5CC[C@]43C)[C@@H]2C1.[NaH].[NaH]. The fraction of sp³-hybridized carbons (Fsp3) is 0.900. The van der Waals surface area contributed by atoms with E-state index < -0.39 is 22.9 Å². The molecule has 0 aliphatic heterocycles. The summed E-state index contributed by atoms with van der Waals surface area (Å²) in [4.78, 5) is 12.8. The predicted molar refractivity (Wildman–Crippen MR) is 148 cm³/mol. The molecule has 0 aromatic heterocycles. The van der Waals surface area contributed by atoms with Crippen LogP contribution in [0.15, 0.2) is 11.6 Å². The third-order valence-electron chi connectivity index (χ3n) is 13.2. The molecule has 0 aromatic carbocycles. The molecule has 36 heavy (non-hydrogen) atoms. The normalized spacial score (nSPS) is 51.1. The van der Waals surface area contributed by atoms with Crippen molar-refractivity contribution in [2.45, 2.75) is 112 Å². The van der Waals surface area contributed by atoms with Gasteiger partial charge in [0, 0.05) is 5.41 Å². The first-order valence-electron chi connectivity index (χ1n) is 13.9. The molecule has 4 nitrogen and oxygen atoms in total. The number of fused-ring (bicyclic) bond motifs is 7. The van der Waals surface area contributed by atoms with Crippen LogP contribution in [0, 0.1) is 50.2 Å². The standard InChI is InChI=1S/C30H48O4.2Na.2H/c1-25(2)13-15-30(24(33)34)16-14-28(5)19(20(30)17-25)7-8-22-26(3)11-10-23(32)27(4,18-31)21(26)9-12-29(22,28)6;;;;/h7,20-23,31-32H,8-18H2,1-6H3,(H,33,34);;;;/t20-,21+,22+,23-,26-,27-,28+,29+,30-;;;;/m0..../s1. The second-order valence-corrected chi connectivity index (χ2v) is 14.9. The molecule has 3 N–H and O–H groups in total. The predicted octanol–water partition coefficient (Wildman–Crippen LogP) is 4.91. The second-order valence-electron chi connectivity index (χ2n) is 14.9. The molecular weight excluding hydrogens is 470 g/mol. The summed E-state index contributed by atoms with van der Waals surface area (Å²) in [6.45, 7) is 14.3. The van der Waals surface area contributed by atoms with Crippen LogP contribution >= 0.6 is 0 Å². The van der Waals surface area contributed by atoms with Crippen LogP contribution in [0.4, 0.5) is 0 Å². The van der Waals surface area contributed by atoms with Crippen LogP contribution in [0.5, 0.6) is 0 Å². The maximum absolute atomic E-state index is 12.8. The van der Waals surface area contributed by atoms with Crippen LogP contribution in [0.2, 0.25) is 0 Å². The van der Waals surface area contributed by atoms with Gasteiger partial charge < -0.3 is 15.3 Å². The van der Waals surface area contributed by atoms with Crippen LogP contribution in [0.25, 0.3) is 0 Å². The number of hydrogen-bond donors (Lipinski definition) is 3. The van der Waals surface area contributed by atoms with E-state index in [1.807, 2.05) is 0 Å². The number of allylic oxidation sites excluding steroid dienone is 2. The maximum atomic E-state index is 12.8. The van der Waals surface area contributed by atoms with Gasteiger partial charge in [-0.05, 0) is 104 Å². The summed E-state index contributed by atoms with van der Waals surface area (Å²) >= 11 is 0. The fourth-order valence-corrected chi connectivity index (χ4v) is 10.7. The third kappa shape index (κ3) is 4.00. The van der Waals surface area contributed by atoms with Gasteiger partial charge in [0.1, 0.15) is 0 Å². The van der Waals surface area contributed by atoms with Crippen molar-refractivity contribution in [3.63, 3.8) is 0 Å². The Hall–Kier alpha value is 1.13. The molecule has 5 aliphatic carbocycles. The second kappa shape index (κ2) is 9.89. The van der Waals surface area contributed by atoms with E-state index in [1.165, 1.54) is 5.57 Å². The van der Waals surface area contributed by atoms with Crippen molar-refractivity contribution in [2.75, 3.05) is 6.61 Å². The number of aliphatic hydroxyl groups is 2. The molecule has 0 spiro atoms. The molecule has 0 bridgehead atoms. The van der Waals surface area contributed by atoms with Crippen molar-refractivity contribution in [1.82, 2.24) is 0 Å². The third-order valence-corrected chi connectivity index (χ3v) is 13.2. The van der Waals surface area contributed by atoms with E-state index >= 15 is 0 Å². The minimum absolute atomic E-state index is 0. The molecule has 0 heterocycles. The first kappa shape index (κ1) is 31.7. The number of hydrogen-bond acceptors (Lipinski definition) is 3. The van der Waals surface area contributed by atoms with Gasteiger partial charge in [0.25, 0.3) is 0 Å². The first-order chi connectivity index (χ1) is 15.7. The quantitative estimate of drug-likeness (QED) is 0.357. The van der Waals surface area contributed by atoms with E-state index in [9.17, 15) is 20.1 Å². The van der Waals surface area contributed by atoms with Crippen molar-refractivity contribution in [1.29, 1.82) is 0 Å². The van der Waals surface area contributed by atoms with Crippen LogP contribution < -0.4 is 0 Å². The van der Waals surface area contributed by atoms with Gasteiger partial charge in [-0.2, -0.15) is 0 Å². The summed E-state index contributed by atoms with van der Waals surface area (Å²) in [5.74, 6) is 0.395. The molecule has 4 saturated carbocycles. The van der Waals surface area contributed by atoms with Gasteiger partial charge in [0.15, 0.2) is 0 Å². The van der Waals surface area contributed by atoms with Gasteiger partial charge in [-0.1, -0.05) is 53.2 Å². The van der Waals surface area contributed by atoms with Crippen LogP contribution in [-0.2, 0) is 4.79 Å². The number of carbonyl (C=O) groups is 1. The van der Waals surface area contributed by atoms with E-state index in [2.05, 4.69) is 47.6 Å². The first-order valence-corrected chi connectivity index (χ1v) is 13.9. The van der Waals surface area contributed by atoms with Crippen molar-refractivity contribution < 1.29 is 20.1 Å². The van der Waals surface area contributed by atoms with Gasteiger partial charge in [0.05, 0.1) is 18.1 Å². The molecule has 0 saturated heterocycles. The van der Waals surface area contributed by atoms with E-state index in [1.54, 1.807) is 0 Å². The minimum atomic E-state index is -0.588. The Morgan fingerprint density at radius 3 is 2.17 bits per heavy atom. The number of aliphatic carboxylic acids is 1. The van der Waals surface area contributed by atoms with Gasteiger partial charge >= 0.3 is 65.1 Å². The number of aliphatic hydroxyl groups excluding tert-OH is 2. The van der Waals surface area contributed by atoms with Crippen molar-refractivity contribution >= 4 is 65.1 Å². The van der Waals surface area contributed by atoms with Crippen LogP contribution in [0.1, 0.15) is 106 Å². The van der Waals surface area contributed by atoms with E-state index in [-0.39, 0.29) is 93.3 Å².